The van der Waals surface area contributed by atoms with Crippen LogP contribution in [0, 0.1) is 0 Å². The van der Waals surface area contributed by atoms with E-state index in [1.54, 1.807) is 6.07 Å². The number of anilines is 1. The molecular weight excluding hydrogens is 314 g/mol. The molecule has 2 aromatic carbocycles. The van der Waals surface area contributed by atoms with Crippen LogP contribution in [0.2, 0.25) is 0 Å². The molecule has 0 unspecified atom stereocenters. The highest BCUT2D eigenvalue weighted by molar-refractivity contribution is 5.90. The van der Waals surface area contributed by atoms with Crippen LogP contribution in [0.25, 0.3) is 11.0 Å². The molecule has 5 heteroatoms. The number of benzene rings is 2. The summed E-state index contributed by atoms with van der Waals surface area (Å²) < 4.78 is 0. The highest BCUT2D eigenvalue weighted by atomic mass is 16.1. The molecule has 2 N–H and O–H groups in total. The molecule has 0 fully saturated rings. The van der Waals surface area contributed by atoms with E-state index in [1.807, 2.05) is 42.5 Å². The Bertz CT molecular complexity index is 943. The van der Waals surface area contributed by atoms with Crippen LogP contribution in [0.5, 0.6) is 0 Å². The first-order chi connectivity index (χ1) is 12.0. The molecule has 0 saturated carbocycles. The first kappa shape index (κ1) is 16.9. The van der Waals surface area contributed by atoms with Gasteiger partial charge in [0.1, 0.15) is 5.69 Å². The van der Waals surface area contributed by atoms with Crippen LogP contribution in [-0.4, -0.2) is 15.9 Å². The van der Waals surface area contributed by atoms with Gasteiger partial charge in [0.15, 0.2) is 0 Å². The standard InChI is InChI=1S/C20H21N3O2/c1-13(2)14-7-9-15(10-8-14)21-19(24)12-11-18-20(25)23-17-6-4-3-5-16(17)22-18/h3-10,13H,11-12H2,1-2H3,(H,21,24)(H,23,25). The van der Waals surface area contributed by atoms with Gasteiger partial charge in [0.05, 0.1) is 11.0 Å². The first-order valence-electron chi connectivity index (χ1n) is 8.40. The number of para-hydroxylation sites is 2. The van der Waals surface area contributed by atoms with Crippen molar-refractivity contribution in [3.63, 3.8) is 0 Å². The summed E-state index contributed by atoms with van der Waals surface area (Å²) in [4.78, 5) is 31.3. The summed E-state index contributed by atoms with van der Waals surface area (Å²) in [5.74, 6) is 0.321. The lowest BCUT2D eigenvalue weighted by molar-refractivity contribution is -0.116. The minimum absolute atomic E-state index is 0.133. The van der Waals surface area contributed by atoms with E-state index in [1.165, 1.54) is 5.56 Å². The lowest BCUT2D eigenvalue weighted by Crippen LogP contribution is -2.19. The SMILES string of the molecule is CC(C)c1ccc(NC(=O)CCc2nc3ccccc3[nH]c2=O)cc1. The molecule has 0 atom stereocenters. The van der Waals surface area contributed by atoms with Gasteiger partial charge >= 0.3 is 0 Å². The predicted octanol–water partition coefficient (Wildman–Crippen LogP) is 3.62. The number of amides is 1. The summed E-state index contributed by atoms with van der Waals surface area (Å²) in [6.07, 6.45) is 0.510. The number of aryl methyl sites for hydroxylation is 1. The molecule has 0 saturated heterocycles. The van der Waals surface area contributed by atoms with E-state index in [4.69, 9.17) is 0 Å². The van der Waals surface area contributed by atoms with E-state index < -0.39 is 0 Å². The van der Waals surface area contributed by atoms with Gasteiger partial charge in [0, 0.05) is 18.5 Å². The van der Waals surface area contributed by atoms with Crippen LogP contribution < -0.4 is 10.9 Å². The van der Waals surface area contributed by atoms with Crippen molar-refractivity contribution in [3.05, 3.63) is 70.1 Å². The molecule has 1 amide bonds. The molecule has 0 aliphatic heterocycles. The van der Waals surface area contributed by atoms with Gasteiger partial charge in [-0.1, -0.05) is 38.1 Å². The second kappa shape index (κ2) is 7.30. The van der Waals surface area contributed by atoms with Crippen LogP contribution in [0.3, 0.4) is 0 Å². The second-order valence-corrected chi connectivity index (χ2v) is 6.35. The number of nitrogens with zero attached hydrogens (tertiary/aromatic N) is 1. The van der Waals surface area contributed by atoms with Crippen molar-refractivity contribution in [2.45, 2.75) is 32.6 Å². The van der Waals surface area contributed by atoms with Crippen molar-refractivity contribution >= 4 is 22.6 Å². The Kier molecular flexibility index (Phi) is 4.93. The summed E-state index contributed by atoms with van der Waals surface area (Å²) in [5, 5.41) is 2.86. The number of rotatable bonds is 5. The third kappa shape index (κ3) is 4.12. The molecule has 1 aromatic heterocycles. The van der Waals surface area contributed by atoms with E-state index in [2.05, 4.69) is 29.1 Å². The minimum Gasteiger partial charge on any atom is -0.326 e. The van der Waals surface area contributed by atoms with Crippen LogP contribution in [0.4, 0.5) is 5.69 Å². The number of aromatic nitrogens is 2. The summed E-state index contributed by atoms with van der Waals surface area (Å²) in [6, 6.07) is 15.2. The highest BCUT2D eigenvalue weighted by Gasteiger charge is 2.09. The van der Waals surface area contributed by atoms with Crippen LogP contribution in [-0.2, 0) is 11.2 Å². The summed E-state index contributed by atoms with van der Waals surface area (Å²) in [5.41, 5.74) is 3.55. The van der Waals surface area contributed by atoms with Crippen molar-refractivity contribution in [2.75, 3.05) is 5.32 Å². The van der Waals surface area contributed by atoms with Gasteiger partial charge in [0.25, 0.3) is 5.56 Å². The van der Waals surface area contributed by atoms with Crippen molar-refractivity contribution in [2.24, 2.45) is 0 Å². The van der Waals surface area contributed by atoms with E-state index in [9.17, 15) is 9.59 Å². The Balaban J connectivity index is 1.64. The van der Waals surface area contributed by atoms with E-state index >= 15 is 0 Å². The van der Waals surface area contributed by atoms with Crippen molar-refractivity contribution in [3.8, 4) is 0 Å². The maximum atomic E-state index is 12.1. The molecular formula is C20H21N3O2. The number of carbonyl (C=O) groups is 1. The van der Waals surface area contributed by atoms with Gasteiger partial charge in [-0.3, -0.25) is 9.59 Å². The largest absolute Gasteiger partial charge is 0.326 e. The van der Waals surface area contributed by atoms with Gasteiger partial charge in [-0.2, -0.15) is 0 Å². The number of hydrogen-bond donors (Lipinski definition) is 2. The zero-order chi connectivity index (χ0) is 17.8. The third-order valence-corrected chi connectivity index (χ3v) is 4.12. The topological polar surface area (TPSA) is 74.8 Å². The molecule has 25 heavy (non-hydrogen) atoms. The minimum atomic E-state index is -0.243. The lowest BCUT2D eigenvalue weighted by Gasteiger charge is -2.08. The molecule has 0 spiro atoms. The normalized spacial score (nSPS) is 11.0. The van der Waals surface area contributed by atoms with E-state index in [0.29, 0.717) is 23.5 Å². The first-order valence-corrected chi connectivity index (χ1v) is 8.40. The molecule has 0 radical (unpaired) electrons. The van der Waals surface area contributed by atoms with Gasteiger partial charge in [-0.25, -0.2) is 4.98 Å². The molecule has 3 rings (SSSR count). The lowest BCUT2D eigenvalue weighted by atomic mass is 10.0. The molecule has 0 aliphatic rings. The summed E-state index contributed by atoms with van der Waals surface area (Å²) in [6.45, 7) is 4.25. The van der Waals surface area contributed by atoms with Crippen molar-refractivity contribution in [1.82, 2.24) is 9.97 Å². The predicted molar refractivity (Wildman–Crippen MR) is 99.8 cm³/mol. The Morgan fingerprint density at radius 1 is 1.12 bits per heavy atom. The highest BCUT2D eigenvalue weighted by Crippen LogP contribution is 2.17. The molecule has 0 bridgehead atoms. The Morgan fingerprint density at radius 3 is 2.56 bits per heavy atom. The van der Waals surface area contributed by atoms with E-state index in [0.717, 1.165) is 11.2 Å². The maximum absolute atomic E-state index is 12.1. The van der Waals surface area contributed by atoms with Crippen LogP contribution in [0.15, 0.2) is 53.3 Å². The third-order valence-electron chi connectivity index (χ3n) is 4.12. The second-order valence-electron chi connectivity index (χ2n) is 6.35. The number of nitrogens with one attached hydrogen (secondary N) is 2. The van der Waals surface area contributed by atoms with E-state index in [-0.39, 0.29) is 17.9 Å². The van der Waals surface area contributed by atoms with Gasteiger partial charge in [-0.15, -0.1) is 0 Å². The molecule has 0 aliphatic carbocycles. The van der Waals surface area contributed by atoms with Crippen LogP contribution >= 0.6 is 0 Å². The molecule has 1 heterocycles. The Hall–Kier alpha value is -2.95. The zero-order valence-electron chi connectivity index (χ0n) is 14.4. The van der Waals surface area contributed by atoms with Gasteiger partial charge in [0.2, 0.25) is 5.91 Å². The molecule has 5 nitrogen and oxygen atoms in total. The number of carbonyl (C=O) groups excluding carboxylic acids is 1. The monoisotopic (exact) mass is 335 g/mol. The summed E-state index contributed by atoms with van der Waals surface area (Å²) in [7, 11) is 0. The number of hydrogen-bond acceptors (Lipinski definition) is 3. The van der Waals surface area contributed by atoms with Crippen molar-refractivity contribution < 1.29 is 4.79 Å². The molecule has 128 valence electrons. The average Bonchev–Trinajstić information content (AvgIpc) is 2.60. The van der Waals surface area contributed by atoms with Gasteiger partial charge in [-0.05, 0) is 35.7 Å². The number of aromatic amines is 1. The quantitative estimate of drug-likeness (QED) is 0.748. The number of fused-ring (bicyclic) bond motifs is 1. The zero-order valence-corrected chi connectivity index (χ0v) is 14.4. The van der Waals surface area contributed by atoms with Gasteiger partial charge < -0.3 is 10.3 Å². The number of H-pyrrole nitrogens is 1. The Labute approximate surface area is 146 Å². The molecule has 3 aromatic rings. The fraction of sp³-hybridized carbons (Fsp3) is 0.250. The summed E-state index contributed by atoms with van der Waals surface area (Å²) >= 11 is 0. The Morgan fingerprint density at radius 2 is 1.84 bits per heavy atom. The average molecular weight is 335 g/mol. The fourth-order valence-corrected chi connectivity index (χ4v) is 2.64. The van der Waals surface area contributed by atoms with Crippen LogP contribution in [0.1, 0.15) is 37.4 Å². The smallest absolute Gasteiger partial charge is 0.270 e. The fourth-order valence-electron chi connectivity index (χ4n) is 2.64. The maximum Gasteiger partial charge on any atom is 0.270 e. The van der Waals surface area contributed by atoms with Crippen molar-refractivity contribution in [1.29, 1.82) is 0 Å².